The van der Waals surface area contributed by atoms with E-state index in [0.29, 0.717) is 31.5 Å². The van der Waals surface area contributed by atoms with Gasteiger partial charge in [-0.2, -0.15) is 0 Å². The van der Waals surface area contributed by atoms with Crippen LogP contribution in [0.3, 0.4) is 0 Å². The fourth-order valence-electron chi connectivity index (χ4n) is 3.13. The standard InChI is InChI=1S/C20H25FN4O/c21-18-6-2-1-5-17(18)8-11-22-12-9-20(26)25-15-13-24(14-16-25)19-7-3-4-10-23-19/h1-7,10,22H,8-9,11-16H2. The van der Waals surface area contributed by atoms with Crippen molar-refractivity contribution in [3.63, 3.8) is 0 Å². The number of nitrogens with one attached hydrogen (secondary N) is 1. The van der Waals surface area contributed by atoms with Gasteiger partial charge in [0.25, 0.3) is 0 Å². The minimum atomic E-state index is -0.170. The Morgan fingerprint density at radius 2 is 1.81 bits per heavy atom. The van der Waals surface area contributed by atoms with E-state index in [2.05, 4.69) is 15.2 Å². The van der Waals surface area contributed by atoms with Gasteiger partial charge >= 0.3 is 0 Å². The molecule has 0 spiro atoms. The van der Waals surface area contributed by atoms with Gasteiger partial charge in [0, 0.05) is 45.3 Å². The number of halogens is 1. The molecule has 1 N–H and O–H groups in total. The van der Waals surface area contributed by atoms with E-state index < -0.39 is 0 Å². The molecule has 2 aromatic rings. The molecule has 3 rings (SSSR count). The second-order valence-corrected chi connectivity index (χ2v) is 6.40. The molecule has 5 nitrogen and oxygen atoms in total. The van der Waals surface area contributed by atoms with Gasteiger partial charge in [-0.05, 0) is 36.7 Å². The van der Waals surface area contributed by atoms with Crippen LogP contribution in [0.15, 0.2) is 48.7 Å². The normalized spacial score (nSPS) is 14.5. The minimum Gasteiger partial charge on any atom is -0.353 e. The Morgan fingerprint density at radius 1 is 1.04 bits per heavy atom. The number of rotatable bonds is 7. The highest BCUT2D eigenvalue weighted by Gasteiger charge is 2.21. The minimum absolute atomic E-state index is 0.170. The first-order valence-corrected chi connectivity index (χ1v) is 9.12. The average Bonchev–Trinajstić information content (AvgIpc) is 2.70. The summed E-state index contributed by atoms with van der Waals surface area (Å²) in [6.45, 7) is 4.36. The Balaban J connectivity index is 1.33. The van der Waals surface area contributed by atoms with Crippen molar-refractivity contribution in [2.24, 2.45) is 0 Å². The van der Waals surface area contributed by atoms with Crippen molar-refractivity contribution in [3.05, 3.63) is 60.0 Å². The van der Waals surface area contributed by atoms with Crippen molar-refractivity contribution >= 4 is 11.7 Å². The predicted molar refractivity (Wildman–Crippen MR) is 101 cm³/mol. The van der Waals surface area contributed by atoms with Crippen LogP contribution in [0.25, 0.3) is 0 Å². The van der Waals surface area contributed by atoms with Gasteiger partial charge in [0.15, 0.2) is 0 Å². The summed E-state index contributed by atoms with van der Waals surface area (Å²) in [5.74, 6) is 0.967. The van der Waals surface area contributed by atoms with Crippen LogP contribution in [0.5, 0.6) is 0 Å². The highest BCUT2D eigenvalue weighted by Crippen LogP contribution is 2.13. The number of carbonyl (C=O) groups excluding carboxylic acids is 1. The molecule has 1 amide bonds. The van der Waals surface area contributed by atoms with Gasteiger partial charge in [-0.15, -0.1) is 0 Å². The number of anilines is 1. The molecule has 0 saturated carbocycles. The van der Waals surface area contributed by atoms with E-state index in [0.717, 1.165) is 32.0 Å². The number of piperazine rings is 1. The van der Waals surface area contributed by atoms with Crippen molar-refractivity contribution in [2.45, 2.75) is 12.8 Å². The fraction of sp³-hybridized carbons (Fsp3) is 0.400. The summed E-state index contributed by atoms with van der Waals surface area (Å²) in [7, 11) is 0. The molecule has 0 radical (unpaired) electrons. The molecule has 1 aromatic carbocycles. The van der Waals surface area contributed by atoms with Crippen LogP contribution in [-0.2, 0) is 11.2 Å². The van der Waals surface area contributed by atoms with Gasteiger partial charge < -0.3 is 15.1 Å². The van der Waals surface area contributed by atoms with Crippen molar-refractivity contribution < 1.29 is 9.18 Å². The van der Waals surface area contributed by atoms with E-state index in [4.69, 9.17) is 0 Å². The zero-order valence-corrected chi connectivity index (χ0v) is 14.9. The largest absolute Gasteiger partial charge is 0.353 e. The second kappa shape index (κ2) is 9.29. The summed E-state index contributed by atoms with van der Waals surface area (Å²) in [5, 5.41) is 3.23. The zero-order valence-electron chi connectivity index (χ0n) is 14.9. The number of nitrogens with zero attached hydrogens (tertiary/aromatic N) is 3. The second-order valence-electron chi connectivity index (χ2n) is 6.40. The fourth-order valence-corrected chi connectivity index (χ4v) is 3.13. The highest BCUT2D eigenvalue weighted by molar-refractivity contribution is 5.76. The number of amides is 1. The summed E-state index contributed by atoms with van der Waals surface area (Å²) in [6, 6.07) is 12.7. The monoisotopic (exact) mass is 356 g/mol. The van der Waals surface area contributed by atoms with Crippen LogP contribution in [-0.4, -0.2) is 55.1 Å². The molecule has 1 aromatic heterocycles. The predicted octanol–water partition coefficient (Wildman–Crippen LogP) is 2.09. The first-order valence-electron chi connectivity index (χ1n) is 9.12. The first-order chi connectivity index (χ1) is 12.7. The molecule has 0 bridgehead atoms. The Bertz CT molecular complexity index is 702. The molecular formula is C20H25FN4O. The van der Waals surface area contributed by atoms with E-state index in [1.54, 1.807) is 18.3 Å². The summed E-state index contributed by atoms with van der Waals surface area (Å²) in [4.78, 5) is 20.8. The molecule has 0 aliphatic carbocycles. The third-order valence-corrected chi connectivity index (χ3v) is 4.65. The molecule has 2 heterocycles. The lowest BCUT2D eigenvalue weighted by atomic mass is 10.1. The molecule has 138 valence electrons. The van der Waals surface area contributed by atoms with Crippen LogP contribution in [0, 0.1) is 5.82 Å². The van der Waals surface area contributed by atoms with Gasteiger partial charge in [-0.3, -0.25) is 4.79 Å². The lowest BCUT2D eigenvalue weighted by Gasteiger charge is -2.35. The topological polar surface area (TPSA) is 48.5 Å². The van der Waals surface area contributed by atoms with Crippen LogP contribution < -0.4 is 10.2 Å². The summed E-state index contributed by atoms with van der Waals surface area (Å²) >= 11 is 0. The van der Waals surface area contributed by atoms with Gasteiger partial charge in [-0.1, -0.05) is 24.3 Å². The van der Waals surface area contributed by atoms with Crippen molar-refractivity contribution in [3.8, 4) is 0 Å². The molecule has 0 unspecified atom stereocenters. The SMILES string of the molecule is O=C(CCNCCc1ccccc1F)N1CCN(c2ccccn2)CC1. The molecular weight excluding hydrogens is 331 g/mol. The lowest BCUT2D eigenvalue weighted by molar-refractivity contribution is -0.131. The van der Waals surface area contributed by atoms with Crippen LogP contribution in [0.4, 0.5) is 10.2 Å². The summed E-state index contributed by atoms with van der Waals surface area (Å²) in [5.41, 5.74) is 0.706. The molecule has 1 saturated heterocycles. The third-order valence-electron chi connectivity index (χ3n) is 4.65. The van der Waals surface area contributed by atoms with Crippen LogP contribution in [0.2, 0.25) is 0 Å². The molecule has 0 atom stereocenters. The number of carbonyl (C=O) groups is 1. The van der Waals surface area contributed by atoms with Gasteiger partial charge in [0.05, 0.1) is 0 Å². The van der Waals surface area contributed by atoms with Crippen molar-refractivity contribution in [1.29, 1.82) is 0 Å². The first kappa shape index (κ1) is 18.3. The lowest BCUT2D eigenvalue weighted by Crippen LogP contribution is -2.49. The Kier molecular flexibility index (Phi) is 6.55. The molecule has 26 heavy (non-hydrogen) atoms. The highest BCUT2D eigenvalue weighted by atomic mass is 19.1. The van der Waals surface area contributed by atoms with Gasteiger partial charge in [0.1, 0.15) is 11.6 Å². The summed E-state index contributed by atoms with van der Waals surface area (Å²) in [6.07, 6.45) is 2.89. The average molecular weight is 356 g/mol. The number of hydrogen-bond acceptors (Lipinski definition) is 4. The molecule has 6 heteroatoms. The maximum Gasteiger partial charge on any atom is 0.223 e. The van der Waals surface area contributed by atoms with Crippen molar-refractivity contribution in [1.82, 2.24) is 15.2 Å². The Morgan fingerprint density at radius 3 is 2.54 bits per heavy atom. The quantitative estimate of drug-likeness (QED) is 0.772. The smallest absolute Gasteiger partial charge is 0.223 e. The zero-order chi connectivity index (χ0) is 18.2. The Labute approximate surface area is 153 Å². The van der Waals surface area contributed by atoms with E-state index in [1.807, 2.05) is 29.2 Å². The van der Waals surface area contributed by atoms with Gasteiger partial charge in [-0.25, -0.2) is 9.37 Å². The summed E-state index contributed by atoms with van der Waals surface area (Å²) < 4.78 is 13.5. The number of hydrogen-bond donors (Lipinski definition) is 1. The van der Waals surface area contributed by atoms with E-state index in [9.17, 15) is 9.18 Å². The van der Waals surface area contributed by atoms with Gasteiger partial charge in [0.2, 0.25) is 5.91 Å². The third kappa shape index (κ3) is 5.02. The molecule has 1 aliphatic rings. The number of pyridine rings is 1. The molecule has 1 fully saturated rings. The number of benzene rings is 1. The maximum absolute atomic E-state index is 13.5. The maximum atomic E-state index is 13.5. The molecule has 1 aliphatic heterocycles. The number of aromatic nitrogens is 1. The Hall–Kier alpha value is -2.47. The van der Waals surface area contributed by atoms with E-state index in [1.165, 1.54) is 6.07 Å². The van der Waals surface area contributed by atoms with E-state index >= 15 is 0 Å². The van der Waals surface area contributed by atoms with Crippen molar-refractivity contribution in [2.75, 3.05) is 44.2 Å². The van der Waals surface area contributed by atoms with Crippen LogP contribution >= 0.6 is 0 Å². The van der Waals surface area contributed by atoms with Crippen LogP contribution in [0.1, 0.15) is 12.0 Å². The van der Waals surface area contributed by atoms with E-state index in [-0.39, 0.29) is 11.7 Å².